The Morgan fingerprint density at radius 1 is 1.03 bits per heavy atom. The number of ether oxygens (including phenoxy) is 1. The Kier molecular flexibility index (Phi) is 8.77. The number of rotatable bonds is 9. The number of nitrogens with one attached hydrogen (secondary N) is 3. The third-order valence-corrected chi connectivity index (χ3v) is 5.55. The van der Waals surface area contributed by atoms with Gasteiger partial charge in [0.05, 0.1) is 0 Å². The second-order valence-corrected chi connectivity index (χ2v) is 8.55. The molecule has 0 unspecified atom stereocenters. The van der Waals surface area contributed by atoms with E-state index in [1.807, 2.05) is 32.0 Å². The number of aryl methyl sites for hydroxylation is 1. The van der Waals surface area contributed by atoms with Gasteiger partial charge in [-0.1, -0.05) is 42.5 Å². The highest BCUT2D eigenvalue weighted by Gasteiger charge is 2.17. The Morgan fingerprint density at radius 2 is 1.74 bits per heavy atom. The van der Waals surface area contributed by atoms with Crippen LogP contribution in [0.5, 0.6) is 5.75 Å². The molecule has 9 heteroatoms. The van der Waals surface area contributed by atoms with Gasteiger partial charge in [-0.2, -0.15) is 0 Å². The molecule has 0 heterocycles. The van der Waals surface area contributed by atoms with Gasteiger partial charge in [0, 0.05) is 18.4 Å². The number of carbonyl (C=O) groups excluding carboxylic acids is 2. The average molecular weight is 446 g/mol. The minimum atomic E-state index is -3.68. The smallest absolute Gasteiger partial charge is 0.279 e. The monoisotopic (exact) mass is 445 g/mol. The van der Waals surface area contributed by atoms with Gasteiger partial charge in [-0.15, -0.1) is 0 Å². The molecule has 2 rings (SSSR count). The summed E-state index contributed by atoms with van der Waals surface area (Å²) in [5.41, 5.74) is 7.24. The lowest BCUT2D eigenvalue weighted by Crippen LogP contribution is -2.47. The highest BCUT2D eigenvalue weighted by atomic mass is 32.2. The highest BCUT2D eigenvalue weighted by Crippen LogP contribution is 2.21. The molecule has 0 saturated carbocycles. The summed E-state index contributed by atoms with van der Waals surface area (Å²) < 4.78 is 31.8. The van der Waals surface area contributed by atoms with Crippen molar-refractivity contribution in [3.05, 3.63) is 70.6 Å². The summed E-state index contributed by atoms with van der Waals surface area (Å²) >= 11 is 0. The third-order valence-electron chi connectivity index (χ3n) is 4.45. The van der Waals surface area contributed by atoms with Crippen LogP contribution in [0.1, 0.15) is 30.0 Å². The molecule has 1 atom stereocenters. The number of amides is 2. The van der Waals surface area contributed by atoms with E-state index in [1.165, 1.54) is 6.08 Å². The van der Waals surface area contributed by atoms with E-state index in [2.05, 4.69) is 15.6 Å². The number of hydrogen-bond acceptors (Lipinski definition) is 5. The lowest BCUT2D eigenvalue weighted by atomic mass is 10.1. The van der Waals surface area contributed by atoms with Gasteiger partial charge in [-0.25, -0.2) is 13.1 Å². The molecule has 0 fully saturated rings. The Hall–Kier alpha value is -3.17. The van der Waals surface area contributed by atoms with Crippen molar-refractivity contribution in [3.63, 3.8) is 0 Å². The van der Waals surface area contributed by atoms with E-state index < -0.39 is 27.9 Å². The number of benzene rings is 2. The Morgan fingerprint density at radius 3 is 2.45 bits per heavy atom. The van der Waals surface area contributed by atoms with Gasteiger partial charge in [-0.05, 0) is 49.6 Å². The Bertz CT molecular complexity index is 1040. The molecule has 3 N–H and O–H groups in total. The highest BCUT2D eigenvalue weighted by molar-refractivity contribution is 7.92. The number of carbonyl (C=O) groups is 2. The van der Waals surface area contributed by atoms with Gasteiger partial charge in [0.25, 0.3) is 5.91 Å². The number of hydrazine groups is 1. The van der Waals surface area contributed by atoms with Gasteiger partial charge >= 0.3 is 0 Å². The van der Waals surface area contributed by atoms with Crippen molar-refractivity contribution in [2.75, 3.05) is 6.54 Å². The summed E-state index contributed by atoms with van der Waals surface area (Å²) in [6.07, 6.45) is 0.479. The predicted octanol–water partition coefficient (Wildman–Crippen LogP) is 2.20. The zero-order valence-electron chi connectivity index (χ0n) is 17.7. The van der Waals surface area contributed by atoms with Crippen molar-refractivity contribution in [1.29, 1.82) is 0 Å². The molecule has 2 aromatic carbocycles. The lowest BCUT2D eigenvalue weighted by Gasteiger charge is -2.17. The van der Waals surface area contributed by atoms with Crippen LogP contribution in [0.25, 0.3) is 6.08 Å². The van der Waals surface area contributed by atoms with E-state index in [0.717, 1.165) is 22.1 Å². The van der Waals surface area contributed by atoms with Crippen LogP contribution in [0, 0.1) is 13.8 Å². The molecule has 31 heavy (non-hydrogen) atoms. The number of sulfonamides is 1. The van der Waals surface area contributed by atoms with E-state index in [4.69, 9.17) is 4.74 Å². The molecule has 0 saturated heterocycles. The van der Waals surface area contributed by atoms with E-state index >= 15 is 0 Å². The predicted molar refractivity (Wildman–Crippen MR) is 119 cm³/mol. The van der Waals surface area contributed by atoms with Crippen LogP contribution < -0.4 is 20.3 Å². The summed E-state index contributed by atoms with van der Waals surface area (Å²) in [5, 5.41) is 1.04. The third kappa shape index (κ3) is 8.23. The van der Waals surface area contributed by atoms with Gasteiger partial charge in [0.1, 0.15) is 5.75 Å². The maximum Gasteiger partial charge on any atom is 0.279 e. The molecule has 0 spiro atoms. The summed E-state index contributed by atoms with van der Waals surface area (Å²) in [6.45, 7) is 5.29. The molecular formula is C22H27N3O5S. The van der Waals surface area contributed by atoms with Gasteiger partial charge in [-0.3, -0.25) is 20.4 Å². The summed E-state index contributed by atoms with van der Waals surface area (Å²) in [7, 11) is -3.68. The van der Waals surface area contributed by atoms with Crippen molar-refractivity contribution in [3.8, 4) is 5.75 Å². The Balaban J connectivity index is 1.73. The standard InChI is InChI=1S/C22H27N3O5S/c1-16-8-7-11-20(17(16)2)30-18(3)22(27)25-24-21(26)12-14-23-31(28,29)15-13-19-9-5-4-6-10-19/h4-11,13,15,18,23H,12,14H2,1-3H3,(H,24,26)(H,25,27)/b15-13+/t18-/m1/s1. The first kappa shape index (κ1) is 24.1. The van der Waals surface area contributed by atoms with Gasteiger partial charge in [0.15, 0.2) is 6.10 Å². The van der Waals surface area contributed by atoms with Crippen molar-refractivity contribution in [1.82, 2.24) is 15.6 Å². The SMILES string of the molecule is Cc1cccc(O[C@H](C)C(=O)NNC(=O)CCNS(=O)(=O)/C=C/c2ccccc2)c1C. The minimum absolute atomic E-state index is 0.113. The molecular weight excluding hydrogens is 418 g/mol. The Labute approximate surface area is 182 Å². The molecule has 2 aromatic rings. The van der Waals surface area contributed by atoms with E-state index in [9.17, 15) is 18.0 Å². The topological polar surface area (TPSA) is 114 Å². The van der Waals surface area contributed by atoms with E-state index in [0.29, 0.717) is 5.75 Å². The summed E-state index contributed by atoms with van der Waals surface area (Å²) in [4.78, 5) is 24.0. The van der Waals surface area contributed by atoms with Crippen molar-refractivity contribution < 1.29 is 22.7 Å². The first-order chi connectivity index (χ1) is 14.7. The van der Waals surface area contributed by atoms with E-state index in [1.54, 1.807) is 37.3 Å². The fraction of sp³-hybridized carbons (Fsp3) is 0.273. The lowest BCUT2D eigenvalue weighted by molar-refractivity contribution is -0.132. The van der Waals surface area contributed by atoms with Crippen molar-refractivity contribution in [2.45, 2.75) is 33.3 Å². The molecule has 0 bridgehead atoms. The first-order valence-electron chi connectivity index (χ1n) is 9.72. The average Bonchev–Trinajstić information content (AvgIpc) is 2.74. The fourth-order valence-electron chi connectivity index (χ4n) is 2.48. The number of hydrogen-bond donors (Lipinski definition) is 3. The molecule has 0 aliphatic heterocycles. The van der Waals surface area contributed by atoms with Crippen molar-refractivity contribution >= 4 is 27.9 Å². The molecule has 166 valence electrons. The van der Waals surface area contributed by atoms with Crippen LogP contribution in [0.2, 0.25) is 0 Å². The molecule has 2 amide bonds. The summed E-state index contributed by atoms with van der Waals surface area (Å²) in [6, 6.07) is 14.5. The molecule has 0 aliphatic rings. The van der Waals surface area contributed by atoms with Crippen LogP contribution in [0.3, 0.4) is 0 Å². The zero-order chi connectivity index (χ0) is 22.9. The normalized spacial score (nSPS) is 12.4. The quantitative estimate of drug-likeness (QED) is 0.512. The van der Waals surface area contributed by atoms with Crippen LogP contribution >= 0.6 is 0 Å². The molecule has 0 aliphatic carbocycles. The molecule has 8 nitrogen and oxygen atoms in total. The second kappa shape index (κ2) is 11.3. The van der Waals surface area contributed by atoms with Gasteiger partial charge < -0.3 is 4.74 Å². The first-order valence-corrected chi connectivity index (χ1v) is 11.3. The fourth-order valence-corrected chi connectivity index (χ4v) is 3.30. The van der Waals surface area contributed by atoms with Crippen molar-refractivity contribution in [2.24, 2.45) is 0 Å². The zero-order valence-corrected chi connectivity index (χ0v) is 18.5. The largest absolute Gasteiger partial charge is 0.481 e. The molecule has 0 radical (unpaired) electrons. The van der Waals surface area contributed by atoms with Crippen LogP contribution in [-0.2, 0) is 19.6 Å². The van der Waals surface area contributed by atoms with Crippen LogP contribution in [0.4, 0.5) is 0 Å². The van der Waals surface area contributed by atoms with E-state index in [-0.39, 0.29) is 13.0 Å². The molecule has 0 aromatic heterocycles. The minimum Gasteiger partial charge on any atom is -0.481 e. The maximum absolute atomic E-state index is 12.1. The van der Waals surface area contributed by atoms with Crippen LogP contribution in [-0.4, -0.2) is 32.9 Å². The van der Waals surface area contributed by atoms with Gasteiger partial charge in [0.2, 0.25) is 15.9 Å². The second-order valence-electron chi connectivity index (χ2n) is 6.90. The maximum atomic E-state index is 12.1. The van der Waals surface area contributed by atoms with Crippen LogP contribution in [0.15, 0.2) is 53.9 Å². The summed E-state index contributed by atoms with van der Waals surface area (Å²) in [5.74, 6) is -0.477.